The number of aromatic nitrogens is 4. The number of nitrogens with zero attached hydrogens (tertiary/aromatic N) is 5. The number of ketones is 1. The largest absolute Gasteiger partial charge is 0.332 e. The Labute approximate surface area is 180 Å². The van der Waals surface area contributed by atoms with Gasteiger partial charge >= 0.3 is 5.69 Å². The second-order valence-electron chi connectivity index (χ2n) is 8.31. The van der Waals surface area contributed by atoms with Gasteiger partial charge in [0.25, 0.3) is 5.56 Å². The molecule has 4 rings (SSSR count). The minimum atomic E-state index is -0.427. The van der Waals surface area contributed by atoms with E-state index >= 15 is 0 Å². The molecule has 8 nitrogen and oxygen atoms in total. The minimum absolute atomic E-state index is 0.00786. The van der Waals surface area contributed by atoms with Gasteiger partial charge in [-0.05, 0) is 25.8 Å². The van der Waals surface area contributed by atoms with E-state index in [2.05, 4.69) is 11.8 Å². The highest BCUT2D eigenvalue weighted by atomic mass is 16.2. The number of imidazole rings is 1. The van der Waals surface area contributed by atoms with Crippen LogP contribution in [-0.2, 0) is 27.2 Å². The zero-order valence-electron chi connectivity index (χ0n) is 18.4. The lowest BCUT2D eigenvalue weighted by atomic mass is 10.00. The summed E-state index contributed by atoms with van der Waals surface area (Å²) in [5.41, 5.74) is 0.361. The summed E-state index contributed by atoms with van der Waals surface area (Å²) in [6.07, 6.45) is 4.52. The average Bonchev–Trinajstić information content (AvgIpc) is 3.15. The lowest BCUT2D eigenvalue weighted by Gasteiger charge is -2.34. The van der Waals surface area contributed by atoms with Crippen molar-refractivity contribution < 1.29 is 4.79 Å². The van der Waals surface area contributed by atoms with Crippen molar-refractivity contribution in [3.05, 3.63) is 62.6 Å². The fraction of sp³-hybridized carbons (Fsp3) is 0.478. The third kappa shape index (κ3) is 3.87. The van der Waals surface area contributed by atoms with Crippen molar-refractivity contribution in [1.82, 2.24) is 23.6 Å². The first-order chi connectivity index (χ1) is 14.9. The highest BCUT2D eigenvalue weighted by Crippen LogP contribution is 2.23. The highest BCUT2D eigenvalue weighted by molar-refractivity contribution is 5.96. The molecule has 0 amide bonds. The van der Waals surface area contributed by atoms with E-state index in [-0.39, 0.29) is 12.3 Å². The molecule has 8 heteroatoms. The summed E-state index contributed by atoms with van der Waals surface area (Å²) in [5, 5.41) is 0. The van der Waals surface area contributed by atoms with Crippen LogP contribution in [0.15, 0.2) is 39.9 Å². The van der Waals surface area contributed by atoms with Gasteiger partial charge in [0.05, 0.1) is 13.1 Å². The molecule has 0 bridgehead atoms. The van der Waals surface area contributed by atoms with Gasteiger partial charge < -0.3 is 4.57 Å². The monoisotopic (exact) mass is 423 g/mol. The van der Waals surface area contributed by atoms with Crippen molar-refractivity contribution >= 4 is 16.9 Å². The van der Waals surface area contributed by atoms with E-state index in [0.29, 0.717) is 35.1 Å². The van der Waals surface area contributed by atoms with Gasteiger partial charge in [0, 0.05) is 25.7 Å². The summed E-state index contributed by atoms with van der Waals surface area (Å²) in [6.45, 7) is 3.70. The second kappa shape index (κ2) is 8.63. The Kier molecular flexibility index (Phi) is 5.91. The molecule has 1 fully saturated rings. The van der Waals surface area contributed by atoms with Crippen molar-refractivity contribution in [1.29, 1.82) is 0 Å². The minimum Gasteiger partial charge on any atom is -0.313 e. The zero-order chi connectivity index (χ0) is 22.1. The molecule has 1 atom stereocenters. The van der Waals surface area contributed by atoms with E-state index in [1.54, 1.807) is 23.7 Å². The third-order valence-electron chi connectivity index (χ3n) is 6.39. The molecule has 0 aliphatic carbocycles. The Morgan fingerprint density at radius 3 is 2.55 bits per heavy atom. The molecule has 0 N–H and O–H groups in total. The SMILES string of the molecule is CC[C@H]1CCCCN1Cc1nc2c(c(=O)n(C)c(=O)n2C)n1CC(=O)c1ccccc1. The quantitative estimate of drug-likeness (QED) is 0.567. The van der Waals surface area contributed by atoms with Crippen molar-refractivity contribution in [3.63, 3.8) is 0 Å². The first-order valence-corrected chi connectivity index (χ1v) is 10.9. The fourth-order valence-corrected chi connectivity index (χ4v) is 4.55. The number of fused-ring (bicyclic) bond motifs is 1. The van der Waals surface area contributed by atoms with Crippen LogP contribution in [0.25, 0.3) is 11.2 Å². The number of rotatable bonds is 6. The topological polar surface area (TPSA) is 82.1 Å². The van der Waals surface area contributed by atoms with Crippen molar-refractivity contribution in [2.24, 2.45) is 14.1 Å². The van der Waals surface area contributed by atoms with Gasteiger partial charge in [0.15, 0.2) is 16.9 Å². The number of carbonyl (C=O) groups is 1. The van der Waals surface area contributed by atoms with E-state index in [1.807, 2.05) is 18.2 Å². The van der Waals surface area contributed by atoms with E-state index in [4.69, 9.17) is 4.98 Å². The Morgan fingerprint density at radius 2 is 1.84 bits per heavy atom. The predicted molar refractivity (Wildman–Crippen MR) is 119 cm³/mol. The van der Waals surface area contributed by atoms with Crippen LogP contribution in [0.2, 0.25) is 0 Å². The Balaban J connectivity index is 1.84. The summed E-state index contributed by atoms with van der Waals surface area (Å²) >= 11 is 0. The Bertz CT molecular complexity index is 1220. The molecule has 0 unspecified atom stereocenters. The number of piperidine rings is 1. The standard InChI is InChI=1S/C23H29N5O3/c1-4-17-12-8-9-13-27(17)15-19-24-21-20(22(30)26(3)23(31)25(21)2)28(19)14-18(29)16-10-6-5-7-11-16/h5-7,10-11,17H,4,8-9,12-15H2,1-3H3/t17-/m0/s1. The number of aryl methyl sites for hydroxylation is 1. The molecule has 3 heterocycles. The molecule has 2 aromatic heterocycles. The van der Waals surface area contributed by atoms with Crippen LogP contribution in [0.4, 0.5) is 0 Å². The smallest absolute Gasteiger partial charge is 0.313 e. The van der Waals surface area contributed by atoms with Gasteiger partial charge in [0.1, 0.15) is 5.82 Å². The molecule has 31 heavy (non-hydrogen) atoms. The number of hydrogen-bond acceptors (Lipinski definition) is 5. The van der Waals surface area contributed by atoms with Crippen LogP contribution in [0.3, 0.4) is 0 Å². The third-order valence-corrected chi connectivity index (χ3v) is 6.39. The first-order valence-electron chi connectivity index (χ1n) is 10.9. The van der Waals surface area contributed by atoms with Crippen LogP contribution in [0, 0.1) is 0 Å². The number of hydrogen-bond donors (Lipinski definition) is 0. The summed E-state index contributed by atoms with van der Waals surface area (Å²) in [4.78, 5) is 45.6. The van der Waals surface area contributed by atoms with Gasteiger partial charge in [-0.25, -0.2) is 9.78 Å². The molecule has 0 saturated carbocycles. The normalized spacial score (nSPS) is 17.3. The summed E-state index contributed by atoms with van der Waals surface area (Å²) < 4.78 is 4.18. The lowest BCUT2D eigenvalue weighted by Crippen LogP contribution is -2.39. The van der Waals surface area contributed by atoms with Gasteiger partial charge in [-0.1, -0.05) is 43.7 Å². The summed E-state index contributed by atoms with van der Waals surface area (Å²) in [6, 6.07) is 9.50. The van der Waals surface area contributed by atoms with E-state index < -0.39 is 11.2 Å². The van der Waals surface area contributed by atoms with Crippen LogP contribution in [0.5, 0.6) is 0 Å². The average molecular weight is 424 g/mol. The number of benzene rings is 1. The first kappa shape index (κ1) is 21.2. The van der Waals surface area contributed by atoms with Crippen LogP contribution < -0.4 is 11.2 Å². The molecule has 1 saturated heterocycles. The van der Waals surface area contributed by atoms with Gasteiger partial charge in [-0.2, -0.15) is 0 Å². The Hall–Kier alpha value is -3.00. The van der Waals surface area contributed by atoms with E-state index in [9.17, 15) is 14.4 Å². The molecule has 3 aromatic rings. The molecule has 1 aromatic carbocycles. The van der Waals surface area contributed by atoms with Crippen LogP contribution in [0.1, 0.15) is 48.8 Å². The fourth-order valence-electron chi connectivity index (χ4n) is 4.55. The number of likely N-dealkylation sites (tertiary alicyclic amines) is 1. The van der Waals surface area contributed by atoms with Gasteiger partial charge in [-0.15, -0.1) is 0 Å². The van der Waals surface area contributed by atoms with Crippen molar-refractivity contribution in [2.75, 3.05) is 6.54 Å². The zero-order valence-corrected chi connectivity index (χ0v) is 18.4. The van der Waals surface area contributed by atoms with Crippen LogP contribution >= 0.6 is 0 Å². The molecule has 1 aliphatic rings. The molecular formula is C23H29N5O3. The molecule has 0 spiro atoms. The molecule has 0 radical (unpaired) electrons. The number of carbonyl (C=O) groups excluding carboxylic acids is 1. The summed E-state index contributed by atoms with van der Waals surface area (Å²) in [7, 11) is 3.07. The maximum Gasteiger partial charge on any atom is 0.332 e. The summed E-state index contributed by atoms with van der Waals surface area (Å²) in [5.74, 6) is 0.556. The highest BCUT2D eigenvalue weighted by Gasteiger charge is 2.26. The van der Waals surface area contributed by atoms with Crippen LogP contribution in [-0.4, -0.2) is 42.0 Å². The molecule has 1 aliphatic heterocycles. The Morgan fingerprint density at radius 1 is 1.10 bits per heavy atom. The second-order valence-corrected chi connectivity index (χ2v) is 8.31. The van der Waals surface area contributed by atoms with Gasteiger partial charge in [0.2, 0.25) is 0 Å². The predicted octanol–water partition coefficient (Wildman–Crippen LogP) is 2.08. The van der Waals surface area contributed by atoms with Crippen molar-refractivity contribution in [3.8, 4) is 0 Å². The van der Waals surface area contributed by atoms with E-state index in [1.165, 1.54) is 18.0 Å². The molecule has 164 valence electrons. The van der Waals surface area contributed by atoms with Gasteiger partial charge in [-0.3, -0.25) is 23.6 Å². The maximum atomic E-state index is 13.0. The van der Waals surface area contributed by atoms with E-state index in [0.717, 1.165) is 30.4 Å². The lowest BCUT2D eigenvalue weighted by molar-refractivity contribution is 0.0967. The van der Waals surface area contributed by atoms with Crippen molar-refractivity contribution in [2.45, 2.75) is 51.7 Å². The molecular weight excluding hydrogens is 394 g/mol. The number of Topliss-reactive ketones (excluding diaryl/α,β-unsaturated/α-hetero) is 1. The maximum absolute atomic E-state index is 13.0.